The molecule has 1 heterocycles. The zero-order valence-electron chi connectivity index (χ0n) is 16.6. The summed E-state index contributed by atoms with van der Waals surface area (Å²) < 4.78 is 5.59. The van der Waals surface area contributed by atoms with Crippen molar-refractivity contribution in [1.29, 1.82) is 0 Å². The molecule has 0 amide bonds. The summed E-state index contributed by atoms with van der Waals surface area (Å²) in [6.45, 7) is 3.22. The van der Waals surface area contributed by atoms with Crippen LogP contribution in [0.4, 0.5) is 5.69 Å². The van der Waals surface area contributed by atoms with Gasteiger partial charge in [-0.3, -0.25) is 0 Å². The molecule has 0 fully saturated rings. The Morgan fingerprint density at radius 1 is 1.19 bits per heavy atom. The summed E-state index contributed by atoms with van der Waals surface area (Å²) in [7, 11) is 4.05. The molecular weight excluding hydrogens is 334 g/mol. The van der Waals surface area contributed by atoms with Crippen LogP contribution < -0.4 is 15.6 Å². The Morgan fingerprint density at radius 2 is 2.11 bits per heavy atom. The lowest BCUT2D eigenvalue weighted by molar-refractivity contribution is 0.299. The quantitative estimate of drug-likeness (QED) is 0.817. The number of hydrogen-bond acceptors (Lipinski definition) is 4. The van der Waals surface area contributed by atoms with E-state index in [2.05, 4.69) is 59.2 Å². The minimum atomic E-state index is 0.618. The molecule has 4 rings (SSSR count). The molecule has 2 aromatic carbocycles. The van der Waals surface area contributed by atoms with Crippen LogP contribution in [0.3, 0.4) is 0 Å². The van der Waals surface area contributed by atoms with Gasteiger partial charge in [-0.05, 0) is 79.5 Å². The van der Waals surface area contributed by atoms with Gasteiger partial charge < -0.3 is 15.1 Å². The van der Waals surface area contributed by atoms with Crippen LogP contribution in [0, 0.1) is 0 Å². The number of anilines is 1. The molecule has 0 aromatic heterocycles. The van der Waals surface area contributed by atoms with E-state index in [4.69, 9.17) is 4.74 Å². The molecule has 0 bridgehead atoms. The van der Waals surface area contributed by atoms with E-state index in [-0.39, 0.29) is 0 Å². The van der Waals surface area contributed by atoms with Gasteiger partial charge in [-0.2, -0.15) is 0 Å². The van der Waals surface area contributed by atoms with Crippen molar-refractivity contribution >= 4 is 5.69 Å². The molecule has 2 N–H and O–H groups in total. The molecule has 1 aliphatic heterocycles. The maximum Gasteiger partial charge on any atom is 0.122 e. The van der Waals surface area contributed by atoms with Gasteiger partial charge in [-0.25, -0.2) is 5.43 Å². The summed E-state index contributed by atoms with van der Waals surface area (Å²) in [4.78, 5) is 2.50. The molecule has 27 heavy (non-hydrogen) atoms. The maximum atomic E-state index is 5.59. The van der Waals surface area contributed by atoms with Crippen molar-refractivity contribution < 1.29 is 4.74 Å². The Morgan fingerprint density at radius 3 is 3.00 bits per heavy atom. The largest absolute Gasteiger partial charge is 0.496 e. The Kier molecular flexibility index (Phi) is 5.65. The van der Waals surface area contributed by atoms with Crippen LogP contribution in [-0.4, -0.2) is 38.7 Å². The number of benzene rings is 2. The van der Waals surface area contributed by atoms with Gasteiger partial charge in [0, 0.05) is 19.6 Å². The summed E-state index contributed by atoms with van der Waals surface area (Å²) in [6, 6.07) is 13.4. The molecule has 1 unspecified atom stereocenters. The van der Waals surface area contributed by atoms with Crippen LogP contribution in [0.15, 0.2) is 36.4 Å². The Hall–Kier alpha value is -2.04. The number of fused-ring (bicyclic) bond motifs is 2. The summed E-state index contributed by atoms with van der Waals surface area (Å²) in [6.07, 6.45) is 5.90. The number of ether oxygens (including phenoxy) is 1. The fourth-order valence-electron chi connectivity index (χ4n) is 4.57. The summed E-state index contributed by atoms with van der Waals surface area (Å²) in [5.41, 5.74) is 13.5. The van der Waals surface area contributed by atoms with E-state index >= 15 is 0 Å². The fraction of sp³-hybridized carbons (Fsp3) is 0.478. The van der Waals surface area contributed by atoms with E-state index in [0.29, 0.717) is 5.92 Å². The van der Waals surface area contributed by atoms with Crippen molar-refractivity contribution in [1.82, 2.24) is 10.3 Å². The van der Waals surface area contributed by atoms with Crippen LogP contribution in [0.25, 0.3) is 0 Å². The Balaban J connectivity index is 1.37. The van der Waals surface area contributed by atoms with Crippen LogP contribution in [0.5, 0.6) is 5.75 Å². The van der Waals surface area contributed by atoms with E-state index in [9.17, 15) is 0 Å². The van der Waals surface area contributed by atoms with Crippen molar-refractivity contribution in [3.8, 4) is 5.75 Å². The minimum Gasteiger partial charge on any atom is -0.496 e. The zero-order chi connectivity index (χ0) is 18.6. The molecule has 2 aliphatic rings. The molecule has 144 valence electrons. The minimum absolute atomic E-state index is 0.618. The number of methoxy groups -OCH3 is 1. The third kappa shape index (κ3) is 4.12. The molecular formula is C23H31N3O. The lowest BCUT2D eigenvalue weighted by atomic mass is 9.82. The first-order valence-corrected chi connectivity index (χ1v) is 10.2. The Labute approximate surface area is 162 Å². The van der Waals surface area contributed by atoms with Crippen LogP contribution in [0.1, 0.15) is 41.0 Å². The van der Waals surface area contributed by atoms with E-state index < -0.39 is 0 Å². The third-order valence-corrected chi connectivity index (χ3v) is 6.03. The van der Waals surface area contributed by atoms with E-state index in [1.807, 2.05) is 0 Å². The number of likely N-dealkylation sites (N-methyl/N-ethyl adjacent to an activating group) is 1. The summed E-state index contributed by atoms with van der Waals surface area (Å²) >= 11 is 0. The predicted molar refractivity (Wildman–Crippen MR) is 112 cm³/mol. The van der Waals surface area contributed by atoms with Gasteiger partial charge in [0.25, 0.3) is 0 Å². The molecule has 0 radical (unpaired) electrons. The highest BCUT2D eigenvalue weighted by molar-refractivity contribution is 5.53. The normalized spacial score (nSPS) is 18.6. The molecule has 4 nitrogen and oxygen atoms in total. The first-order chi connectivity index (χ1) is 13.2. The standard InChI is InChI=1S/C23H31N3O/c1-26(14-12-17-9-10-22-18(15-17)11-13-24-25-22)16-19-5-3-7-21-20(19)6-4-8-23(21)27-2/h4,6,8-10,15,19,24-25H,3,5,7,11-14,16H2,1-2H3. The lowest BCUT2D eigenvalue weighted by Gasteiger charge is -2.30. The van der Waals surface area contributed by atoms with Crippen molar-refractivity contribution in [2.45, 2.75) is 38.0 Å². The summed E-state index contributed by atoms with van der Waals surface area (Å²) in [5.74, 6) is 1.68. The van der Waals surface area contributed by atoms with Crippen molar-refractivity contribution in [3.05, 3.63) is 58.7 Å². The second kappa shape index (κ2) is 8.32. The smallest absolute Gasteiger partial charge is 0.122 e. The average molecular weight is 366 g/mol. The van der Waals surface area contributed by atoms with Gasteiger partial charge in [0.1, 0.15) is 5.75 Å². The topological polar surface area (TPSA) is 36.5 Å². The molecule has 4 heteroatoms. The molecule has 0 spiro atoms. The predicted octanol–water partition coefficient (Wildman–Crippen LogP) is 3.76. The molecule has 0 saturated heterocycles. The third-order valence-electron chi connectivity index (χ3n) is 6.03. The van der Waals surface area contributed by atoms with Gasteiger partial charge in [0.2, 0.25) is 0 Å². The molecule has 0 saturated carbocycles. The fourth-order valence-corrected chi connectivity index (χ4v) is 4.57. The second-order valence-corrected chi connectivity index (χ2v) is 7.92. The molecule has 2 aromatic rings. The number of hydrazine groups is 1. The number of hydrogen-bond donors (Lipinski definition) is 2. The highest BCUT2D eigenvalue weighted by atomic mass is 16.5. The number of rotatable bonds is 6. The van der Waals surface area contributed by atoms with Crippen LogP contribution in [0.2, 0.25) is 0 Å². The average Bonchev–Trinajstić information content (AvgIpc) is 2.72. The lowest BCUT2D eigenvalue weighted by Crippen LogP contribution is -2.30. The van der Waals surface area contributed by atoms with Gasteiger partial charge in [-0.15, -0.1) is 0 Å². The Bertz CT molecular complexity index is 789. The number of nitrogens with one attached hydrogen (secondary N) is 2. The van der Waals surface area contributed by atoms with Gasteiger partial charge >= 0.3 is 0 Å². The first kappa shape index (κ1) is 18.3. The van der Waals surface area contributed by atoms with Gasteiger partial charge in [0.15, 0.2) is 0 Å². The number of nitrogens with zero attached hydrogens (tertiary/aromatic N) is 1. The van der Waals surface area contributed by atoms with Gasteiger partial charge in [-0.1, -0.05) is 24.3 Å². The molecule has 1 aliphatic carbocycles. The van der Waals surface area contributed by atoms with Crippen molar-refractivity contribution in [2.75, 3.05) is 39.2 Å². The highest BCUT2D eigenvalue weighted by Gasteiger charge is 2.23. The van der Waals surface area contributed by atoms with Gasteiger partial charge in [0.05, 0.1) is 12.8 Å². The second-order valence-electron chi connectivity index (χ2n) is 7.92. The molecule has 1 atom stereocenters. The summed E-state index contributed by atoms with van der Waals surface area (Å²) in [5, 5.41) is 0. The van der Waals surface area contributed by atoms with Crippen molar-refractivity contribution in [3.63, 3.8) is 0 Å². The van der Waals surface area contributed by atoms with Crippen molar-refractivity contribution in [2.24, 2.45) is 0 Å². The monoisotopic (exact) mass is 365 g/mol. The van der Waals surface area contributed by atoms with E-state index in [1.165, 1.54) is 40.8 Å². The SMILES string of the molecule is COc1cccc2c1CCCC2CN(C)CCc1ccc2c(c1)CCNN2. The van der Waals surface area contributed by atoms with Crippen LogP contribution in [-0.2, 0) is 19.3 Å². The zero-order valence-corrected chi connectivity index (χ0v) is 16.6. The van der Waals surface area contributed by atoms with Crippen LogP contribution >= 0.6 is 0 Å². The first-order valence-electron chi connectivity index (χ1n) is 10.2. The highest BCUT2D eigenvalue weighted by Crippen LogP contribution is 2.36. The van der Waals surface area contributed by atoms with E-state index in [0.717, 1.165) is 44.6 Å². The maximum absolute atomic E-state index is 5.59. The van der Waals surface area contributed by atoms with E-state index in [1.54, 1.807) is 7.11 Å².